The summed E-state index contributed by atoms with van der Waals surface area (Å²) in [5.41, 5.74) is 4.07. The minimum atomic E-state index is -0.882. The van der Waals surface area contributed by atoms with E-state index in [1.807, 2.05) is 25.8 Å². The Labute approximate surface area is 122 Å². The zero-order valence-electron chi connectivity index (χ0n) is 12.2. The lowest BCUT2D eigenvalue weighted by molar-refractivity contribution is -0.384. The maximum atomic E-state index is 13.7. The first-order valence-corrected chi connectivity index (χ1v) is 6.46. The number of nitrogens with one attached hydrogen (secondary N) is 1. The Morgan fingerprint density at radius 2 is 2.14 bits per heavy atom. The number of rotatable bonds is 6. The van der Waals surface area contributed by atoms with Crippen LogP contribution in [0.2, 0.25) is 0 Å². The van der Waals surface area contributed by atoms with Crippen molar-refractivity contribution < 1.29 is 14.1 Å². The van der Waals surface area contributed by atoms with E-state index < -0.39 is 33.6 Å². The molecular weight excluding hydrogens is 279 g/mol. The van der Waals surface area contributed by atoms with Crippen LogP contribution >= 0.6 is 0 Å². The summed E-state index contributed by atoms with van der Waals surface area (Å²) in [5, 5.41) is 13.3. The molecule has 0 spiro atoms. The molecule has 0 heterocycles. The van der Waals surface area contributed by atoms with E-state index in [1.54, 1.807) is 0 Å². The molecule has 0 saturated carbocycles. The molecule has 0 aliphatic carbocycles. The molecule has 116 valence electrons. The molecule has 0 aromatic heterocycles. The number of carbonyl (C=O) groups excluding carboxylic acids is 1. The summed E-state index contributed by atoms with van der Waals surface area (Å²) >= 11 is 0. The zero-order valence-corrected chi connectivity index (χ0v) is 12.2. The second kappa shape index (κ2) is 6.98. The predicted molar refractivity (Wildman–Crippen MR) is 77.6 cm³/mol. The summed E-state index contributed by atoms with van der Waals surface area (Å²) in [6, 6.07) is 2.11. The van der Waals surface area contributed by atoms with Gasteiger partial charge in [-0.2, -0.15) is 0 Å². The fraction of sp³-hybridized carbons (Fsp3) is 0.462. The molecule has 3 N–H and O–H groups in total. The van der Waals surface area contributed by atoms with Gasteiger partial charge in [-0.1, -0.05) is 0 Å². The van der Waals surface area contributed by atoms with E-state index in [2.05, 4.69) is 5.32 Å². The number of nitrogens with two attached hydrogens (primary N) is 1. The summed E-state index contributed by atoms with van der Waals surface area (Å²) in [4.78, 5) is 23.9. The van der Waals surface area contributed by atoms with Gasteiger partial charge >= 0.3 is 0 Å². The Morgan fingerprint density at radius 1 is 1.52 bits per heavy atom. The van der Waals surface area contributed by atoms with Crippen LogP contribution in [0.25, 0.3) is 0 Å². The van der Waals surface area contributed by atoms with E-state index in [0.717, 1.165) is 12.1 Å². The number of nitrogens with zero attached hydrogens (tertiary/aromatic N) is 2. The summed E-state index contributed by atoms with van der Waals surface area (Å²) in [6.45, 7) is 4.86. The van der Waals surface area contributed by atoms with Gasteiger partial charge in [0, 0.05) is 25.2 Å². The minimum Gasteiger partial charge on any atom is -0.392 e. The van der Waals surface area contributed by atoms with Crippen molar-refractivity contribution in [2.45, 2.75) is 19.9 Å². The third kappa shape index (κ3) is 4.12. The van der Waals surface area contributed by atoms with Gasteiger partial charge in [0.05, 0.1) is 4.92 Å². The first-order chi connectivity index (χ1) is 9.75. The zero-order chi connectivity index (χ0) is 16.2. The number of hydrogen-bond donors (Lipinski definition) is 2. The Hall–Kier alpha value is -2.22. The van der Waals surface area contributed by atoms with Gasteiger partial charge in [0.1, 0.15) is 17.1 Å². The molecular formula is C13H19FN4O3. The van der Waals surface area contributed by atoms with Gasteiger partial charge in [-0.15, -0.1) is 0 Å². The first-order valence-electron chi connectivity index (χ1n) is 6.46. The Kier molecular flexibility index (Phi) is 5.60. The van der Waals surface area contributed by atoms with E-state index in [9.17, 15) is 19.3 Å². The third-order valence-electron chi connectivity index (χ3n) is 3.23. The van der Waals surface area contributed by atoms with Crippen LogP contribution in [0.5, 0.6) is 0 Å². The second-order valence-electron chi connectivity index (χ2n) is 4.94. The molecule has 0 aliphatic rings. The number of hydrogen-bond acceptors (Lipinski definition) is 5. The summed E-state index contributed by atoms with van der Waals surface area (Å²) in [5.74, 6) is -1.64. The number of nitro groups is 1. The molecule has 7 nitrogen and oxygen atoms in total. The van der Waals surface area contributed by atoms with Gasteiger partial charge < -0.3 is 16.0 Å². The van der Waals surface area contributed by atoms with Crippen molar-refractivity contribution in [1.82, 2.24) is 10.2 Å². The third-order valence-corrected chi connectivity index (χ3v) is 3.23. The maximum absolute atomic E-state index is 13.7. The Bertz CT molecular complexity index is 548. The van der Waals surface area contributed by atoms with Gasteiger partial charge in [-0.3, -0.25) is 14.9 Å². The van der Waals surface area contributed by atoms with Gasteiger partial charge in [0.15, 0.2) is 0 Å². The van der Waals surface area contributed by atoms with E-state index in [0.29, 0.717) is 12.6 Å². The number of likely N-dealkylation sites (N-methyl/N-ethyl adjacent to an activating group) is 1. The summed E-state index contributed by atoms with van der Waals surface area (Å²) < 4.78 is 13.7. The lowest BCUT2D eigenvalue weighted by atomic mass is 10.1. The largest absolute Gasteiger partial charge is 0.392 e. The van der Waals surface area contributed by atoms with Gasteiger partial charge in [0.25, 0.3) is 11.6 Å². The molecule has 0 saturated heterocycles. The molecule has 0 unspecified atom stereocenters. The normalized spacial score (nSPS) is 11.0. The van der Waals surface area contributed by atoms with Crippen molar-refractivity contribution >= 4 is 17.3 Å². The van der Waals surface area contributed by atoms with Crippen LogP contribution in [-0.4, -0.2) is 41.9 Å². The number of amides is 1. The molecule has 1 aromatic carbocycles. The summed E-state index contributed by atoms with van der Waals surface area (Å²) in [7, 11) is 1.89. The number of nitro benzene ring substituents is 1. The van der Waals surface area contributed by atoms with Crippen LogP contribution in [0.15, 0.2) is 12.1 Å². The molecule has 0 bridgehead atoms. The van der Waals surface area contributed by atoms with Crippen LogP contribution in [0.1, 0.15) is 24.2 Å². The second-order valence-corrected chi connectivity index (χ2v) is 4.94. The molecule has 1 amide bonds. The van der Waals surface area contributed by atoms with Gasteiger partial charge in [-0.25, -0.2) is 4.39 Å². The number of nitrogen functional groups attached to an aromatic ring is 1. The first kappa shape index (κ1) is 16.8. The topological polar surface area (TPSA) is 102 Å². The van der Waals surface area contributed by atoms with Crippen LogP contribution in [0.4, 0.5) is 15.8 Å². The van der Waals surface area contributed by atoms with Crippen LogP contribution < -0.4 is 11.1 Å². The molecule has 0 atom stereocenters. The lowest BCUT2D eigenvalue weighted by Crippen LogP contribution is -2.36. The maximum Gasteiger partial charge on any atom is 0.293 e. The Morgan fingerprint density at radius 3 is 2.67 bits per heavy atom. The highest BCUT2D eigenvalue weighted by molar-refractivity contribution is 6.01. The van der Waals surface area contributed by atoms with E-state index in [-0.39, 0.29) is 6.54 Å². The van der Waals surface area contributed by atoms with Crippen molar-refractivity contribution in [3.8, 4) is 0 Å². The number of carbonyl (C=O) groups is 1. The van der Waals surface area contributed by atoms with E-state index >= 15 is 0 Å². The van der Waals surface area contributed by atoms with Gasteiger partial charge in [-0.05, 0) is 27.0 Å². The highest BCUT2D eigenvalue weighted by Crippen LogP contribution is 2.27. The monoisotopic (exact) mass is 298 g/mol. The van der Waals surface area contributed by atoms with Crippen molar-refractivity contribution in [2.24, 2.45) is 0 Å². The highest BCUT2D eigenvalue weighted by atomic mass is 19.1. The van der Waals surface area contributed by atoms with E-state index in [4.69, 9.17) is 5.73 Å². The van der Waals surface area contributed by atoms with Crippen molar-refractivity contribution in [3.05, 3.63) is 33.6 Å². The van der Waals surface area contributed by atoms with Crippen LogP contribution in [0, 0.1) is 15.9 Å². The average molecular weight is 298 g/mol. The lowest BCUT2D eigenvalue weighted by Gasteiger charge is -2.21. The van der Waals surface area contributed by atoms with Crippen LogP contribution in [0.3, 0.4) is 0 Å². The van der Waals surface area contributed by atoms with E-state index in [1.165, 1.54) is 0 Å². The molecule has 1 aromatic rings. The molecule has 0 aliphatic heterocycles. The van der Waals surface area contributed by atoms with Crippen molar-refractivity contribution in [2.75, 3.05) is 25.9 Å². The number of benzene rings is 1. The predicted octanol–water partition coefficient (Wildman–Crippen LogP) is 1.39. The fourth-order valence-corrected chi connectivity index (χ4v) is 1.66. The standard InChI is InChI=1S/C13H19FN4O3/c1-8(2)17(3)7-6-16-13(19)11-9(14)4-5-10(12(11)15)18(20)21/h4-5,8H,6-7,15H2,1-3H3,(H,16,19). The number of anilines is 1. The molecule has 1 rings (SSSR count). The molecule has 0 radical (unpaired) electrons. The SMILES string of the molecule is CC(C)N(C)CCNC(=O)c1c(F)ccc([N+](=O)[O-])c1N. The average Bonchev–Trinajstić information content (AvgIpc) is 2.37. The molecule has 0 fully saturated rings. The van der Waals surface area contributed by atoms with Crippen molar-refractivity contribution in [3.63, 3.8) is 0 Å². The Balaban J connectivity index is 2.83. The highest BCUT2D eigenvalue weighted by Gasteiger charge is 2.23. The van der Waals surface area contributed by atoms with Crippen molar-refractivity contribution in [1.29, 1.82) is 0 Å². The summed E-state index contributed by atoms with van der Waals surface area (Å²) in [6.07, 6.45) is 0. The van der Waals surface area contributed by atoms with Gasteiger partial charge in [0.2, 0.25) is 0 Å². The fourth-order valence-electron chi connectivity index (χ4n) is 1.66. The quantitative estimate of drug-likeness (QED) is 0.469. The molecule has 21 heavy (non-hydrogen) atoms. The smallest absolute Gasteiger partial charge is 0.293 e. The minimum absolute atomic E-state index is 0.287. The van der Waals surface area contributed by atoms with Crippen LogP contribution in [-0.2, 0) is 0 Å². The molecule has 8 heteroatoms. The number of halogens is 1.